The number of urea groups is 1. The van der Waals surface area contributed by atoms with Crippen LogP contribution in [0.2, 0.25) is 5.02 Å². The molecule has 0 saturated carbocycles. The third-order valence-electron chi connectivity index (χ3n) is 16.1. The molecule has 2 aromatic carbocycles. The van der Waals surface area contributed by atoms with E-state index in [-0.39, 0.29) is 117 Å². The quantitative estimate of drug-likeness (QED) is 0.0209. The molecule has 3 saturated heterocycles. The number of primary amides is 1. The number of ether oxygens (including phenoxy) is 8. The van der Waals surface area contributed by atoms with E-state index < -0.39 is 126 Å². The fourth-order valence-electron chi connectivity index (χ4n) is 10.5. The molecule has 9 amide bonds. The van der Waals surface area contributed by atoms with Crippen LogP contribution < -0.4 is 52.0 Å². The number of nitrogens with two attached hydrogens (primary N) is 1. The molecule has 9 atom stereocenters. The third kappa shape index (κ3) is 20.4. The van der Waals surface area contributed by atoms with Crippen LogP contribution in [0.1, 0.15) is 102 Å². The van der Waals surface area contributed by atoms with Crippen LogP contribution in [-0.4, -0.2) is 208 Å². The maximum Gasteiger partial charge on any atom is 0.409 e. The predicted octanol–water partition coefficient (Wildman–Crippen LogP) is 2.98. The molecule has 0 spiro atoms. The number of aliphatic hydroxyl groups is 1. The van der Waals surface area contributed by atoms with Gasteiger partial charge in [-0.1, -0.05) is 49.2 Å². The second-order valence-corrected chi connectivity index (χ2v) is 24.2. The summed E-state index contributed by atoms with van der Waals surface area (Å²) in [6.45, 7) is 9.00. The maximum absolute atomic E-state index is 14.7. The molecule has 0 radical (unpaired) electrons. The van der Waals surface area contributed by atoms with Crippen LogP contribution in [0.5, 0.6) is 11.5 Å². The second-order valence-electron chi connectivity index (χ2n) is 23.4. The molecule has 32 heteroatoms. The standard InChI is InChI=1S/C62H85ClN10O20S/c1-34(2)53(69-59(94)66-22-24-89-26-25-88-23-20-51(77)93-73-48(74)18-19-49(73)75)55(79)67-41(14-12-21-65-58(64)82)54(78)68-42-30-38(85-8)16-17-40(42)56(80)71(6)36(4)57(81)91-46-32-50(76)72(7)43-28-37(29-44(86-9)52(43)63)27-35(3)13-11-15-45(87-10)62(84)33-39(90-60(83)70-62)31-47-61(46,5)92-47/h11,13,15-17,28-30,34,36,39,41,45-47,53,84H,12,14,18-27,31-33H2,1-10H3,(H,67,79)(H,68,78)(H,70,83)(H3,64,65,82)(H2,66,69,94)/b15-11+,35-13+/t36-,39+,41-,45+,46-,47?,53?,61-,62-/m0/s1. The normalized spacial score (nSPS) is 23.1. The number of imide groups is 1. The molecule has 4 aliphatic heterocycles. The van der Waals surface area contributed by atoms with E-state index in [2.05, 4.69) is 31.9 Å². The SMILES string of the molecule is COc1ccc(C(=O)N(C)[C@@H](C)C(=O)O[C@H]2CC(=O)N(C)c3cc(cc(OC)c3Cl)C/C(C)=C/C=C/[C@@H](OC)[C@@]3(O)C[C@@H](CC4O[C@]42C)OC(=O)N3)c(NC(=O)[C@H](CCCNC(N)=O)NC(=O)C(NC(=S)NCCOCCOCCC(=O)ON2C(=O)CCC2=O)C(C)C)c1. The van der Waals surface area contributed by atoms with Crippen molar-refractivity contribution in [3.8, 4) is 11.5 Å². The van der Waals surface area contributed by atoms with Crippen molar-refractivity contribution in [1.82, 2.24) is 36.5 Å². The lowest BCUT2D eigenvalue weighted by atomic mass is 9.90. The summed E-state index contributed by atoms with van der Waals surface area (Å²) < 4.78 is 45.8. The molecule has 2 unspecified atom stereocenters. The van der Waals surface area contributed by atoms with Gasteiger partial charge in [0.2, 0.25) is 17.7 Å². The zero-order valence-corrected chi connectivity index (χ0v) is 55.8. The van der Waals surface area contributed by atoms with Crippen molar-refractivity contribution in [1.29, 1.82) is 0 Å². The number of rotatable bonds is 27. The number of fused-ring (bicyclic) bond motifs is 5. The fourth-order valence-corrected chi connectivity index (χ4v) is 11.0. The maximum atomic E-state index is 14.7. The van der Waals surface area contributed by atoms with Gasteiger partial charge >= 0.3 is 24.1 Å². The van der Waals surface area contributed by atoms with Crippen molar-refractivity contribution in [2.45, 2.75) is 146 Å². The van der Waals surface area contributed by atoms with Crippen molar-refractivity contribution in [3.05, 3.63) is 70.3 Å². The summed E-state index contributed by atoms with van der Waals surface area (Å²) in [6.07, 6.45) is -0.337. The Balaban J connectivity index is 1.14. The number of amides is 9. The Hall–Kier alpha value is -8.20. The number of hydrogen-bond acceptors (Lipinski definition) is 21. The molecule has 4 aliphatic rings. The van der Waals surface area contributed by atoms with Gasteiger partial charge in [0.05, 0.1) is 76.5 Å². The van der Waals surface area contributed by atoms with E-state index in [0.29, 0.717) is 17.2 Å². The number of anilines is 2. The van der Waals surface area contributed by atoms with E-state index in [1.165, 1.54) is 65.4 Å². The smallest absolute Gasteiger partial charge is 0.409 e. The fraction of sp³-hybridized carbons (Fsp3) is 0.565. The molecule has 94 heavy (non-hydrogen) atoms. The largest absolute Gasteiger partial charge is 0.497 e. The van der Waals surface area contributed by atoms with E-state index >= 15 is 0 Å². The van der Waals surface area contributed by atoms with E-state index in [1.807, 2.05) is 13.0 Å². The van der Waals surface area contributed by atoms with Gasteiger partial charge in [-0.25, -0.2) is 19.2 Å². The average Bonchev–Trinajstić information content (AvgIpc) is 1.58. The lowest BCUT2D eigenvalue weighted by Gasteiger charge is -2.40. The minimum Gasteiger partial charge on any atom is -0.497 e. The number of epoxide rings is 1. The van der Waals surface area contributed by atoms with Gasteiger partial charge in [-0.2, -0.15) is 0 Å². The van der Waals surface area contributed by atoms with Gasteiger partial charge in [-0.3, -0.25) is 34.1 Å². The third-order valence-corrected chi connectivity index (χ3v) is 16.7. The number of carbonyl (C=O) groups excluding carboxylic acids is 10. The molecule has 2 aromatic rings. The number of carbonyl (C=O) groups is 10. The van der Waals surface area contributed by atoms with Gasteiger partial charge in [0.1, 0.15) is 58.6 Å². The number of thiocarbonyl (C=S) groups is 1. The summed E-state index contributed by atoms with van der Waals surface area (Å²) in [4.78, 5) is 140. The first-order valence-corrected chi connectivity index (χ1v) is 31.3. The van der Waals surface area contributed by atoms with Crippen molar-refractivity contribution in [2.75, 3.05) is 85.2 Å². The zero-order valence-electron chi connectivity index (χ0n) is 54.3. The molecule has 30 nitrogen and oxygen atoms in total. The van der Waals surface area contributed by atoms with E-state index in [1.54, 1.807) is 45.1 Å². The summed E-state index contributed by atoms with van der Waals surface area (Å²) >= 11 is 12.4. The van der Waals surface area contributed by atoms with Gasteiger partial charge in [0.25, 0.3) is 17.7 Å². The van der Waals surface area contributed by atoms with Crippen molar-refractivity contribution >= 4 is 99.8 Å². The van der Waals surface area contributed by atoms with Gasteiger partial charge in [-0.05, 0) is 88.0 Å². The van der Waals surface area contributed by atoms with Crippen molar-refractivity contribution < 1.29 is 95.8 Å². The summed E-state index contributed by atoms with van der Waals surface area (Å²) in [5.41, 5.74) is 3.65. The number of benzene rings is 2. The number of methoxy groups -OCH3 is 3. The number of likely N-dealkylation sites (N-methyl/N-ethyl adjacent to an activating group) is 1. The lowest BCUT2D eigenvalue weighted by molar-refractivity contribution is -0.198. The molecule has 6 rings (SSSR count). The first-order valence-electron chi connectivity index (χ1n) is 30.5. The average molecular weight is 1360 g/mol. The molecular weight excluding hydrogens is 1270 g/mol. The van der Waals surface area contributed by atoms with Crippen LogP contribution in [0.15, 0.2) is 54.1 Å². The van der Waals surface area contributed by atoms with Crippen LogP contribution in [-0.2, 0) is 73.2 Å². The highest BCUT2D eigenvalue weighted by Gasteiger charge is 2.62. The zero-order chi connectivity index (χ0) is 69.2. The first kappa shape index (κ1) is 74.8. The number of hydrogen-bond donors (Lipinski definition) is 8. The Morgan fingerprint density at radius 3 is 2.29 bits per heavy atom. The summed E-state index contributed by atoms with van der Waals surface area (Å²) in [5, 5.41) is 28.9. The Kier molecular flexibility index (Phi) is 27.3. The van der Waals surface area contributed by atoms with Crippen LogP contribution in [0.3, 0.4) is 0 Å². The number of esters is 1. The topological polar surface area (TPSA) is 385 Å². The highest BCUT2D eigenvalue weighted by atomic mass is 35.5. The molecule has 0 aliphatic carbocycles. The Morgan fingerprint density at radius 1 is 0.926 bits per heavy atom. The van der Waals surface area contributed by atoms with E-state index in [0.717, 1.165) is 16.0 Å². The highest BCUT2D eigenvalue weighted by Crippen LogP contribution is 2.47. The summed E-state index contributed by atoms with van der Waals surface area (Å²) in [7, 11) is 7.03. The number of nitrogens with zero attached hydrogens (tertiary/aromatic N) is 3. The lowest BCUT2D eigenvalue weighted by Crippen LogP contribution is -2.62. The molecule has 4 bridgehead atoms. The van der Waals surface area contributed by atoms with Crippen LogP contribution in [0, 0.1) is 5.92 Å². The number of nitrogens with one attached hydrogen (secondary N) is 6. The van der Waals surface area contributed by atoms with Gasteiger partial charge < -0.3 is 90.0 Å². The molecule has 3 fully saturated rings. The Bertz CT molecular complexity index is 3190. The van der Waals surface area contributed by atoms with Crippen molar-refractivity contribution in [2.24, 2.45) is 11.7 Å². The number of allylic oxidation sites excluding steroid dienone is 3. The highest BCUT2D eigenvalue weighted by molar-refractivity contribution is 7.80. The van der Waals surface area contributed by atoms with Gasteiger partial charge in [-0.15, -0.1) is 5.06 Å². The van der Waals surface area contributed by atoms with Crippen LogP contribution >= 0.6 is 23.8 Å². The number of alkyl carbamates (subject to hydrolysis) is 1. The number of hydroxylamine groups is 2. The van der Waals surface area contributed by atoms with E-state index in [4.69, 9.17) is 72.3 Å². The monoisotopic (exact) mass is 1360 g/mol. The van der Waals surface area contributed by atoms with Crippen molar-refractivity contribution in [3.63, 3.8) is 0 Å². The summed E-state index contributed by atoms with van der Waals surface area (Å²) in [6, 6.07) is 3.18. The Labute approximate surface area is 554 Å². The van der Waals surface area contributed by atoms with Crippen LogP contribution in [0.4, 0.5) is 21.0 Å². The van der Waals surface area contributed by atoms with Gasteiger partial charge in [0, 0.05) is 66.0 Å². The molecule has 4 heterocycles. The minimum absolute atomic E-state index is 0.00836. The summed E-state index contributed by atoms with van der Waals surface area (Å²) in [5.74, 6) is -5.60. The minimum atomic E-state index is -1.93. The molecule has 9 N–H and O–H groups in total. The van der Waals surface area contributed by atoms with Gasteiger partial charge in [0.15, 0.2) is 10.8 Å². The van der Waals surface area contributed by atoms with Crippen LogP contribution in [0.25, 0.3) is 0 Å². The molecular formula is C62H85ClN10O20S. The predicted molar refractivity (Wildman–Crippen MR) is 342 cm³/mol. The first-order chi connectivity index (χ1) is 44.5. The molecule has 516 valence electrons. The molecule has 0 aromatic heterocycles. The Morgan fingerprint density at radius 2 is 1.63 bits per heavy atom. The number of halogens is 1. The second kappa shape index (κ2) is 34.3. The van der Waals surface area contributed by atoms with E-state index in [9.17, 15) is 53.1 Å².